The van der Waals surface area contributed by atoms with Crippen molar-refractivity contribution < 1.29 is 14.3 Å². The predicted molar refractivity (Wildman–Crippen MR) is 121 cm³/mol. The van der Waals surface area contributed by atoms with E-state index in [4.69, 9.17) is 14.7 Å². The first-order chi connectivity index (χ1) is 15.2. The second-order valence-electron chi connectivity index (χ2n) is 6.47. The summed E-state index contributed by atoms with van der Waals surface area (Å²) in [7, 11) is 1.52. The molecule has 0 fully saturated rings. The van der Waals surface area contributed by atoms with Gasteiger partial charge in [0.05, 0.1) is 23.0 Å². The van der Waals surface area contributed by atoms with Crippen LogP contribution in [0.3, 0.4) is 0 Å². The summed E-state index contributed by atoms with van der Waals surface area (Å²) in [6.07, 6.45) is 3.12. The van der Waals surface area contributed by atoms with Crippen LogP contribution in [-0.4, -0.2) is 29.6 Å². The molecule has 0 aliphatic carbocycles. The van der Waals surface area contributed by atoms with Crippen molar-refractivity contribution in [3.63, 3.8) is 0 Å². The highest BCUT2D eigenvalue weighted by Crippen LogP contribution is 2.29. The summed E-state index contributed by atoms with van der Waals surface area (Å²) in [5.74, 6) is 1.51. The maximum Gasteiger partial charge on any atom is 0.248 e. The fraction of sp³-hybridized carbons (Fsp3) is 0.0870. The summed E-state index contributed by atoms with van der Waals surface area (Å²) in [6.45, 7) is -0.0660. The van der Waals surface area contributed by atoms with Gasteiger partial charge in [0.15, 0.2) is 18.1 Å². The highest BCUT2D eigenvalue weighted by atomic mass is 32.1. The average molecular weight is 430 g/mol. The topological polar surface area (TPSA) is 100 Å². The zero-order chi connectivity index (χ0) is 21.6. The number of aromatic amines is 1. The Kier molecular flexibility index (Phi) is 5.96. The van der Waals surface area contributed by atoms with E-state index in [0.29, 0.717) is 17.2 Å². The summed E-state index contributed by atoms with van der Waals surface area (Å²) in [5.41, 5.74) is 3.12. The van der Waals surface area contributed by atoms with Crippen LogP contribution in [0, 0.1) is 11.3 Å². The zero-order valence-electron chi connectivity index (χ0n) is 16.6. The van der Waals surface area contributed by atoms with Crippen LogP contribution < -0.4 is 14.8 Å². The van der Waals surface area contributed by atoms with Crippen molar-refractivity contribution in [3.8, 4) is 28.3 Å². The standard InChI is InChI=1S/C23H18N4O3S/c1-29-20-13-15(4-8-19(20)30-11-10-24)5-9-22(28)25-16-6-7-17-18(14-16)27-23(26-17)21-3-2-12-31-21/h2-9,12-14H,11H2,1H3,(H,25,28)(H,26,27)/b9-5+. The van der Waals surface area contributed by atoms with Crippen LogP contribution in [0.1, 0.15) is 5.56 Å². The number of carbonyl (C=O) groups excluding carboxylic acids is 1. The number of rotatable bonds is 7. The molecule has 0 unspecified atom stereocenters. The van der Waals surface area contributed by atoms with Crippen molar-refractivity contribution in [1.29, 1.82) is 5.26 Å². The van der Waals surface area contributed by atoms with Gasteiger partial charge in [0, 0.05) is 11.8 Å². The summed E-state index contributed by atoms with van der Waals surface area (Å²) in [6, 6.07) is 16.7. The van der Waals surface area contributed by atoms with E-state index in [0.717, 1.165) is 27.3 Å². The molecule has 0 saturated heterocycles. The van der Waals surface area contributed by atoms with Crippen LogP contribution in [0.15, 0.2) is 60.0 Å². The molecule has 2 aromatic carbocycles. The number of thiophene rings is 1. The fourth-order valence-electron chi connectivity index (χ4n) is 2.99. The van der Waals surface area contributed by atoms with E-state index in [1.165, 1.54) is 13.2 Å². The normalized spacial score (nSPS) is 10.8. The van der Waals surface area contributed by atoms with E-state index in [2.05, 4.69) is 15.3 Å². The molecule has 0 bridgehead atoms. The van der Waals surface area contributed by atoms with Gasteiger partial charge >= 0.3 is 0 Å². The van der Waals surface area contributed by atoms with Gasteiger partial charge in [-0.25, -0.2) is 4.98 Å². The number of nitrogens with zero attached hydrogens (tertiary/aromatic N) is 2. The molecular weight excluding hydrogens is 412 g/mol. The number of methoxy groups -OCH3 is 1. The highest BCUT2D eigenvalue weighted by Gasteiger charge is 2.08. The van der Waals surface area contributed by atoms with Crippen molar-refractivity contribution >= 4 is 40.0 Å². The quantitative estimate of drug-likeness (QED) is 0.408. The first-order valence-electron chi connectivity index (χ1n) is 9.37. The third-order valence-electron chi connectivity index (χ3n) is 4.41. The fourth-order valence-corrected chi connectivity index (χ4v) is 3.66. The van der Waals surface area contributed by atoms with Crippen LogP contribution in [0.25, 0.3) is 27.8 Å². The third kappa shape index (κ3) is 4.74. The van der Waals surface area contributed by atoms with E-state index in [9.17, 15) is 4.79 Å². The maximum atomic E-state index is 12.4. The van der Waals surface area contributed by atoms with E-state index < -0.39 is 0 Å². The SMILES string of the molecule is COc1cc(/C=C/C(=O)Nc2ccc3nc(-c4cccs4)[nH]c3c2)ccc1OCC#N. The van der Waals surface area contributed by atoms with Crippen molar-refractivity contribution in [3.05, 3.63) is 65.6 Å². The number of hydrogen-bond donors (Lipinski definition) is 2. The molecule has 0 aliphatic heterocycles. The minimum absolute atomic E-state index is 0.0660. The second kappa shape index (κ2) is 9.15. The van der Waals surface area contributed by atoms with E-state index in [1.54, 1.807) is 35.6 Å². The van der Waals surface area contributed by atoms with Crippen molar-refractivity contribution in [2.24, 2.45) is 0 Å². The molecule has 0 spiro atoms. The van der Waals surface area contributed by atoms with Gasteiger partial charge < -0.3 is 19.8 Å². The van der Waals surface area contributed by atoms with Gasteiger partial charge in [-0.1, -0.05) is 12.1 Å². The highest BCUT2D eigenvalue weighted by molar-refractivity contribution is 7.13. The molecule has 1 amide bonds. The number of amides is 1. The van der Waals surface area contributed by atoms with Gasteiger partial charge in [0.25, 0.3) is 0 Å². The minimum Gasteiger partial charge on any atom is -0.493 e. The summed E-state index contributed by atoms with van der Waals surface area (Å²) < 4.78 is 10.6. The Bertz CT molecular complexity index is 1290. The predicted octanol–water partition coefficient (Wildman–Crippen LogP) is 4.85. The number of benzene rings is 2. The Morgan fingerprint density at radius 1 is 1.26 bits per heavy atom. The lowest BCUT2D eigenvalue weighted by Gasteiger charge is -2.08. The Labute approximate surface area is 182 Å². The Hall–Kier alpha value is -4.09. The van der Waals surface area contributed by atoms with Crippen LogP contribution in [0.4, 0.5) is 5.69 Å². The average Bonchev–Trinajstić information content (AvgIpc) is 3.46. The Morgan fingerprint density at radius 3 is 2.94 bits per heavy atom. The molecule has 2 aromatic heterocycles. The van der Waals surface area contributed by atoms with Crippen molar-refractivity contribution in [2.45, 2.75) is 0 Å². The Morgan fingerprint density at radius 2 is 2.16 bits per heavy atom. The molecule has 0 aliphatic rings. The smallest absolute Gasteiger partial charge is 0.248 e. The number of nitriles is 1. The van der Waals surface area contributed by atoms with Gasteiger partial charge in [0.1, 0.15) is 11.9 Å². The van der Waals surface area contributed by atoms with Gasteiger partial charge in [-0.05, 0) is 53.4 Å². The molecule has 0 radical (unpaired) electrons. The lowest BCUT2D eigenvalue weighted by atomic mass is 10.2. The second-order valence-corrected chi connectivity index (χ2v) is 7.42. The number of aromatic nitrogens is 2. The first kappa shape index (κ1) is 20.2. The zero-order valence-corrected chi connectivity index (χ0v) is 17.4. The Balaban J connectivity index is 1.45. The van der Waals surface area contributed by atoms with Crippen LogP contribution >= 0.6 is 11.3 Å². The molecule has 8 heteroatoms. The number of fused-ring (bicyclic) bond motifs is 1. The van der Waals surface area contributed by atoms with Crippen molar-refractivity contribution in [2.75, 3.05) is 19.0 Å². The third-order valence-corrected chi connectivity index (χ3v) is 5.29. The molecule has 2 N–H and O–H groups in total. The number of imidazole rings is 1. The van der Waals surface area contributed by atoms with Crippen LogP contribution in [0.5, 0.6) is 11.5 Å². The molecular formula is C23H18N4O3S. The summed E-state index contributed by atoms with van der Waals surface area (Å²) in [4.78, 5) is 21.3. The molecule has 154 valence electrons. The van der Waals surface area contributed by atoms with E-state index in [-0.39, 0.29) is 12.5 Å². The number of anilines is 1. The lowest BCUT2D eigenvalue weighted by molar-refractivity contribution is -0.111. The largest absolute Gasteiger partial charge is 0.493 e. The van der Waals surface area contributed by atoms with Crippen molar-refractivity contribution in [1.82, 2.24) is 9.97 Å². The number of ether oxygens (including phenoxy) is 2. The number of carbonyl (C=O) groups is 1. The van der Waals surface area contributed by atoms with Gasteiger partial charge in [-0.15, -0.1) is 11.3 Å². The minimum atomic E-state index is -0.263. The van der Waals surface area contributed by atoms with Crippen LogP contribution in [-0.2, 0) is 4.79 Å². The molecule has 31 heavy (non-hydrogen) atoms. The first-order valence-corrected chi connectivity index (χ1v) is 10.2. The van der Waals surface area contributed by atoms with Gasteiger partial charge in [-0.2, -0.15) is 5.26 Å². The molecule has 4 aromatic rings. The molecule has 0 atom stereocenters. The molecule has 0 saturated carbocycles. The van der Waals surface area contributed by atoms with E-state index in [1.807, 2.05) is 41.8 Å². The van der Waals surface area contributed by atoms with Gasteiger partial charge in [-0.3, -0.25) is 4.79 Å². The number of nitrogens with one attached hydrogen (secondary N) is 2. The molecule has 7 nitrogen and oxygen atoms in total. The van der Waals surface area contributed by atoms with E-state index >= 15 is 0 Å². The molecule has 4 rings (SSSR count). The lowest BCUT2D eigenvalue weighted by Crippen LogP contribution is -2.07. The molecule has 2 heterocycles. The number of H-pyrrole nitrogens is 1. The maximum absolute atomic E-state index is 12.4. The number of hydrogen-bond acceptors (Lipinski definition) is 6. The van der Waals surface area contributed by atoms with Gasteiger partial charge in [0.2, 0.25) is 5.91 Å². The summed E-state index contributed by atoms with van der Waals surface area (Å²) >= 11 is 1.61. The monoisotopic (exact) mass is 430 g/mol. The van der Waals surface area contributed by atoms with Crippen LogP contribution in [0.2, 0.25) is 0 Å². The summed E-state index contributed by atoms with van der Waals surface area (Å²) in [5, 5.41) is 13.5.